The van der Waals surface area contributed by atoms with E-state index in [4.69, 9.17) is 4.74 Å². The third-order valence-electron chi connectivity index (χ3n) is 3.11. The molecule has 0 saturated heterocycles. The number of nitro groups is 1. The van der Waals surface area contributed by atoms with E-state index in [9.17, 15) is 18.9 Å². The highest BCUT2D eigenvalue weighted by Crippen LogP contribution is 2.36. The number of likely N-dealkylation sites (N-methyl/N-ethyl adjacent to an activating group) is 1. The van der Waals surface area contributed by atoms with Gasteiger partial charge in [0, 0.05) is 18.7 Å². The first kappa shape index (κ1) is 18.8. The van der Waals surface area contributed by atoms with Gasteiger partial charge in [-0.05, 0) is 19.5 Å². The van der Waals surface area contributed by atoms with Crippen LogP contribution in [0.3, 0.4) is 0 Å². The highest BCUT2D eigenvalue weighted by atomic mass is 19.3. The van der Waals surface area contributed by atoms with Gasteiger partial charge in [-0.2, -0.15) is 8.78 Å². The molecule has 8 heteroatoms. The van der Waals surface area contributed by atoms with Gasteiger partial charge in [-0.1, -0.05) is 19.1 Å². The van der Waals surface area contributed by atoms with Crippen molar-refractivity contribution >= 4 is 5.69 Å². The van der Waals surface area contributed by atoms with Gasteiger partial charge >= 0.3 is 6.61 Å². The predicted octanol–water partition coefficient (Wildman–Crippen LogP) is 3.60. The minimum Gasteiger partial charge on any atom is -0.493 e. The molecule has 0 fully saturated rings. The predicted molar refractivity (Wildman–Crippen MR) is 82.0 cm³/mol. The Labute approximate surface area is 133 Å². The summed E-state index contributed by atoms with van der Waals surface area (Å²) < 4.78 is 34.1. The lowest BCUT2D eigenvalue weighted by Crippen LogP contribution is -2.25. The summed E-state index contributed by atoms with van der Waals surface area (Å²) in [6.07, 6.45) is 0. The Balaban J connectivity index is 3.23. The van der Waals surface area contributed by atoms with E-state index in [-0.39, 0.29) is 23.7 Å². The van der Waals surface area contributed by atoms with Crippen molar-refractivity contribution < 1.29 is 23.2 Å². The Bertz CT molecular complexity index is 579. The molecule has 0 aliphatic rings. The molecular formula is C15H20F2N2O4. The fourth-order valence-electron chi connectivity index (χ4n) is 2.14. The molecule has 1 aromatic rings. The van der Waals surface area contributed by atoms with E-state index >= 15 is 0 Å². The van der Waals surface area contributed by atoms with E-state index in [2.05, 4.69) is 11.3 Å². The molecule has 0 aromatic heterocycles. The molecule has 0 heterocycles. The van der Waals surface area contributed by atoms with Crippen molar-refractivity contribution in [3.05, 3.63) is 40.0 Å². The van der Waals surface area contributed by atoms with Crippen molar-refractivity contribution in [1.29, 1.82) is 0 Å². The molecule has 128 valence electrons. The number of nitrogens with zero attached hydrogens (tertiary/aromatic N) is 2. The molecular weight excluding hydrogens is 310 g/mol. The summed E-state index contributed by atoms with van der Waals surface area (Å²) in [6.45, 7) is 6.00. The average molecular weight is 330 g/mol. The smallest absolute Gasteiger partial charge is 0.387 e. The van der Waals surface area contributed by atoms with Gasteiger partial charge in [0.15, 0.2) is 11.5 Å². The fraction of sp³-hybridized carbons (Fsp3) is 0.467. The van der Waals surface area contributed by atoms with Gasteiger partial charge in [-0.3, -0.25) is 15.0 Å². The summed E-state index contributed by atoms with van der Waals surface area (Å²) >= 11 is 0. The van der Waals surface area contributed by atoms with Crippen LogP contribution >= 0.6 is 0 Å². The first-order valence-electron chi connectivity index (χ1n) is 6.95. The highest BCUT2D eigenvalue weighted by molar-refractivity contribution is 5.54. The van der Waals surface area contributed by atoms with Gasteiger partial charge < -0.3 is 9.47 Å². The summed E-state index contributed by atoms with van der Waals surface area (Å²) in [5.74, 6) is -0.335. The van der Waals surface area contributed by atoms with Crippen LogP contribution in [0, 0.1) is 10.1 Å². The molecule has 0 aliphatic carbocycles. The van der Waals surface area contributed by atoms with Crippen LogP contribution in [-0.4, -0.2) is 36.6 Å². The number of alkyl halides is 2. The minimum absolute atomic E-state index is 0.0253. The van der Waals surface area contributed by atoms with E-state index in [0.29, 0.717) is 18.7 Å². The lowest BCUT2D eigenvalue weighted by atomic mass is 10.1. The molecule has 0 spiro atoms. The van der Waals surface area contributed by atoms with Crippen LogP contribution in [0.15, 0.2) is 24.3 Å². The normalized spacial score (nSPS) is 10.9. The molecule has 0 bridgehead atoms. The summed E-state index contributed by atoms with van der Waals surface area (Å²) in [4.78, 5) is 12.6. The zero-order chi connectivity index (χ0) is 17.6. The Kier molecular flexibility index (Phi) is 6.89. The van der Waals surface area contributed by atoms with Gasteiger partial charge in [0.2, 0.25) is 0 Å². The number of halogens is 2. The molecule has 1 rings (SSSR count). The molecule has 1 aromatic carbocycles. The summed E-state index contributed by atoms with van der Waals surface area (Å²) in [7, 11) is 1.29. The quantitative estimate of drug-likeness (QED) is 0.393. The number of methoxy groups -OCH3 is 1. The SMILES string of the molecule is C=C(C)CN(CC)Cc1cc(OC)c(OC(F)F)cc1[N+](=O)[O-]. The topological polar surface area (TPSA) is 64.8 Å². The largest absolute Gasteiger partial charge is 0.493 e. The Morgan fingerprint density at radius 3 is 2.52 bits per heavy atom. The monoisotopic (exact) mass is 330 g/mol. The van der Waals surface area contributed by atoms with E-state index < -0.39 is 11.5 Å². The van der Waals surface area contributed by atoms with Crippen LogP contribution in [0.4, 0.5) is 14.5 Å². The Hall–Kier alpha value is -2.22. The molecule has 0 N–H and O–H groups in total. The second-order valence-corrected chi connectivity index (χ2v) is 5.03. The maximum Gasteiger partial charge on any atom is 0.387 e. The maximum absolute atomic E-state index is 12.4. The Morgan fingerprint density at radius 1 is 1.43 bits per heavy atom. The van der Waals surface area contributed by atoms with Crippen LogP contribution in [-0.2, 0) is 6.54 Å². The molecule has 0 radical (unpaired) electrons. The maximum atomic E-state index is 12.4. The molecule has 0 amide bonds. The van der Waals surface area contributed by atoms with Gasteiger partial charge in [0.1, 0.15) is 0 Å². The minimum atomic E-state index is -3.09. The molecule has 0 unspecified atom stereocenters. The zero-order valence-corrected chi connectivity index (χ0v) is 13.3. The zero-order valence-electron chi connectivity index (χ0n) is 13.3. The van der Waals surface area contributed by atoms with Gasteiger partial charge in [0.25, 0.3) is 5.69 Å². The average Bonchev–Trinajstić information content (AvgIpc) is 2.46. The second-order valence-electron chi connectivity index (χ2n) is 5.03. The number of benzene rings is 1. The molecule has 0 saturated carbocycles. The van der Waals surface area contributed by atoms with Crippen molar-refractivity contribution in [3.63, 3.8) is 0 Å². The van der Waals surface area contributed by atoms with E-state index in [1.807, 2.05) is 18.7 Å². The molecule has 0 atom stereocenters. The van der Waals surface area contributed by atoms with Crippen molar-refractivity contribution in [2.24, 2.45) is 0 Å². The molecule has 23 heavy (non-hydrogen) atoms. The lowest BCUT2D eigenvalue weighted by molar-refractivity contribution is -0.385. The van der Waals surface area contributed by atoms with E-state index in [0.717, 1.165) is 11.6 Å². The van der Waals surface area contributed by atoms with Crippen molar-refractivity contribution in [2.75, 3.05) is 20.2 Å². The summed E-state index contributed by atoms with van der Waals surface area (Å²) in [6, 6.07) is 2.33. The number of nitro benzene ring substituents is 1. The number of hydrogen-bond donors (Lipinski definition) is 0. The van der Waals surface area contributed by atoms with E-state index in [1.54, 1.807) is 0 Å². The molecule has 0 aliphatic heterocycles. The third kappa shape index (κ3) is 5.48. The number of hydrogen-bond acceptors (Lipinski definition) is 5. The van der Waals surface area contributed by atoms with E-state index in [1.165, 1.54) is 13.2 Å². The standard InChI is InChI=1S/C15H20F2N2O4/c1-5-18(8-10(2)3)9-11-6-13(22-4)14(23-15(16)17)7-12(11)19(20)21/h6-7,15H,2,5,8-9H2,1,3-4H3. The van der Waals surface area contributed by atoms with Gasteiger partial charge in [-0.25, -0.2) is 0 Å². The number of rotatable bonds is 9. The van der Waals surface area contributed by atoms with Gasteiger partial charge in [0.05, 0.1) is 18.1 Å². The van der Waals surface area contributed by atoms with Crippen molar-refractivity contribution in [2.45, 2.75) is 27.0 Å². The van der Waals surface area contributed by atoms with Crippen LogP contribution in [0.5, 0.6) is 11.5 Å². The van der Waals surface area contributed by atoms with Crippen LogP contribution in [0.2, 0.25) is 0 Å². The number of ether oxygens (including phenoxy) is 2. The highest BCUT2D eigenvalue weighted by Gasteiger charge is 2.22. The lowest BCUT2D eigenvalue weighted by Gasteiger charge is -2.21. The summed E-state index contributed by atoms with van der Waals surface area (Å²) in [5.41, 5.74) is 0.984. The van der Waals surface area contributed by atoms with Crippen LogP contribution < -0.4 is 9.47 Å². The summed E-state index contributed by atoms with van der Waals surface area (Å²) in [5, 5.41) is 11.2. The fourth-order valence-corrected chi connectivity index (χ4v) is 2.14. The van der Waals surface area contributed by atoms with Crippen molar-refractivity contribution in [3.8, 4) is 11.5 Å². The third-order valence-corrected chi connectivity index (χ3v) is 3.11. The van der Waals surface area contributed by atoms with Crippen molar-refractivity contribution in [1.82, 2.24) is 4.90 Å². The van der Waals surface area contributed by atoms with Crippen LogP contribution in [0.1, 0.15) is 19.4 Å². The second kappa shape index (κ2) is 8.42. The Morgan fingerprint density at radius 2 is 2.09 bits per heavy atom. The van der Waals surface area contributed by atoms with Crippen LogP contribution in [0.25, 0.3) is 0 Å². The molecule has 6 nitrogen and oxygen atoms in total. The van der Waals surface area contributed by atoms with Gasteiger partial charge in [-0.15, -0.1) is 0 Å². The first-order valence-corrected chi connectivity index (χ1v) is 6.95. The first-order chi connectivity index (χ1) is 10.8.